The molecule has 0 spiro atoms. The predicted octanol–water partition coefficient (Wildman–Crippen LogP) is 2.28. The third-order valence-electron chi connectivity index (χ3n) is 1.64. The molecule has 0 saturated heterocycles. The zero-order valence-corrected chi connectivity index (χ0v) is 9.48. The van der Waals surface area contributed by atoms with Crippen molar-refractivity contribution in [1.29, 1.82) is 0 Å². The highest BCUT2D eigenvalue weighted by molar-refractivity contribution is 7.67. The van der Waals surface area contributed by atoms with Gasteiger partial charge in [-0.3, -0.25) is 4.57 Å². The summed E-state index contributed by atoms with van der Waals surface area (Å²) in [6, 6.07) is 7.07. The van der Waals surface area contributed by atoms with Crippen LogP contribution in [0.4, 0.5) is 0 Å². The maximum Gasteiger partial charge on any atom is 0.366 e. The van der Waals surface area contributed by atoms with E-state index in [4.69, 9.17) is 9.79 Å². The molecule has 0 aliphatic carbocycles. The number of rotatable bonds is 2. The van der Waals surface area contributed by atoms with Crippen molar-refractivity contribution in [3.05, 3.63) is 29.6 Å². The fraction of sp³-hybridized carbons (Fsp3) is 0. The van der Waals surface area contributed by atoms with Gasteiger partial charge in [-0.2, -0.15) is 0 Å². The minimum absolute atomic E-state index is 0.126. The third-order valence-corrected chi connectivity index (χ3v) is 5.31. The van der Waals surface area contributed by atoms with Gasteiger partial charge >= 0.3 is 7.60 Å². The molecule has 2 rings (SSSR count). The average Bonchev–Trinajstić information content (AvgIpc) is 2.73. The van der Waals surface area contributed by atoms with Gasteiger partial charge in [-0.05, 0) is 23.6 Å². The van der Waals surface area contributed by atoms with E-state index in [1.807, 2.05) is 17.5 Å². The molecular formula is C8H7O3PS2. The van der Waals surface area contributed by atoms with Crippen molar-refractivity contribution in [2.75, 3.05) is 0 Å². The Hall–Kier alpha value is -0.450. The first-order valence-corrected chi connectivity index (χ1v) is 7.08. The van der Waals surface area contributed by atoms with E-state index >= 15 is 0 Å². The highest BCUT2D eigenvalue weighted by Gasteiger charge is 2.19. The average molecular weight is 246 g/mol. The van der Waals surface area contributed by atoms with Crippen molar-refractivity contribution in [3.8, 4) is 9.75 Å². The zero-order valence-electron chi connectivity index (χ0n) is 6.95. The molecule has 0 atom stereocenters. The molecule has 0 bridgehead atoms. The largest absolute Gasteiger partial charge is 0.366 e. The molecule has 0 amide bonds. The molecule has 0 unspecified atom stereocenters. The summed E-state index contributed by atoms with van der Waals surface area (Å²) >= 11 is 2.70. The van der Waals surface area contributed by atoms with E-state index < -0.39 is 7.60 Å². The molecule has 2 aromatic heterocycles. The van der Waals surface area contributed by atoms with Crippen LogP contribution in [-0.2, 0) is 4.57 Å². The third kappa shape index (κ3) is 1.97. The van der Waals surface area contributed by atoms with E-state index in [1.54, 1.807) is 17.4 Å². The number of hydrogen-bond donors (Lipinski definition) is 2. The van der Waals surface area contributed by atoms with Crippen molar-refractivity contribution in [1.82, 2.24) is 0 Å². The van der Waals surface area contributed by atoms with E-state index in [-0.39, 0.29) is 4.62 Å². The van der Waals surface area contributed by atoms with Crippen LogP contribution in [0.1, 0.15) is 0 Å². The molecule has 0 aromatic carbocycles. The molecule has 0 aliphatic heterocycles. The lowest BCUT2D eigenvalue weighted by molar-refractivity contribution is 0.388. The van der Waals surface area contributed by atoms with Gasteiger partial charge in [0.15, 0.2) is 0 Å². The first-order chi connectivity index (χ1) is 6.57. The Balaban J connectivity index is 2.41. The lowest BCUT2D eigenvalue weighted by atomic mass is 10.4. The molecule has 6 heteroatoms. The summed E-state index contributed by atoms with van der Waals surface area (Å²) in [7, 11) is -4.08. The van der Waals surface area contributed by atoms with Crippen LogP contribution in [0.3, 0.4) is 0 Å². The van der Waals surface area contributed by atoms with Crippen LogP contribution in [0, 0.1) is 0 Å². The SMILES string of the molecule is O=P(O)(O)c1ccc(-c2cccs2)s1. The Labute approximate surface area is 88.8 Å². The maximum absolute atomic E-state index is 10.9. The lowest BCUT2D eigenvalue weighted by Gasteiger charge is -1.96. The van der Waals surface area contributed by atoms with Crippen LogP contribution in [0.15, 0.2) is 29.6 Å². The fourth-order valence-electron chi connectivity index (χ4n) is 1.04. The fourth-order valence-corrected chi connectivity index (χ4v) is 3.66. The van der Waals surface area contributed by atoms with Crippen molar-refractivity contribution in [2.45, 2.75) is 0 Å². The van der Waals surface area contributed by atoms with Crippen molar-refractivity contribution in [3.63, 3.8) is 0 Å². The Kier molecular flexibility index (Phi) is 2.60. The zero-order chi connectivity index (χ0) is 10.2. The molecule has 0 aliphatic rings. The van der Waals surface area contributed by atoms with Gasteiger partial charge in [-0.1, -0.05) is 6.07 Å². The van der Waals surface area contributed by atoms with Crippen LogP contribution in [0.2, 0.25) is 0 Å². The first-order valence-electron chi connectivity index (χ1n) is 3.77. The number of hydrogen-bond acceptors (Lipinski definition) is 3. The maximum atomic E-state index is 10.9. The summed E-state index contributed by atoms with van der Waals surface area (Å²) in [6.45, 7) is 0. The summed E-state index contributed by atoms with van der Waals surface area (Å²) in [6.07, 6.45) is 0. The van der Waals surface area contributed by atoms with E-state index in [1.165, 1.54) is 6.07 Å². The standard InChI is InChI=1S/C8H7O3PS2/c9-12(10,11)8-4-3-7(14-8)6-2-1-5-13-6/h1-5H,(H2,9,10,11). The summed E-state index contributed by atoms with van der Waals surface area (Å²) in [5.41, 5.74) is 0. The van der Waals surface area contributed by atoms with Crippen molar-refractivity contribution in [2.24, 2.45) is 0 Å². The minimum Gasteiger partial charge on any atom is -0.320 e. The summed E-state index contributed by atoms with van der Waals surface area (Å²) in [5, 5.41) is 1.94. The Morgan fingerprint density at radius 3 is 2.43 bits per heavy atom. The molecule has 0 radical (unpaired) electrons. The van der Waals surface area contributed by atoms with E-state index in [2.05, 4.69) is 0 Å². The van der Waals surface area contributed by atoms with Gasteiger partial charge in [-0.15, -0.1) is 22.7 Å². The second kappa shape index (κ2) is 3.61. The Morgan fingerprint density at radius 2 is 1.93 bits per heavy atom. The van der Waals surface area contributed by atoms with Gasteiger partial charge in [0.25, 0.3) is 0 Å². The molecule has 2 heterocycles. The van der Waals surface area contributed by atoms with Crippen molar-refractivity contribution >= 4 is 34.9 Å². The van der Waals surface area contributed by atoms with Gasteiger partial charge in [-0.25, -0.2) is 0 Å². The quantitative estimate of drug-likeness (QED) is 0.799. The molecule has 0 fully saturated rings. The second-order valence-corrected chi connectivity index (χ2v) is 6.56. The normalized spacial score (nSPS) is 11.9. The van der Waals surface area contributed by atoms with Gasteiger partial charge in [0, 0.05) is 9.75 Å². The van der Waals surface area contributed by atoms with Crippen molar-refractivity contribution < 1.29 is 14.4 Å². The molecule has 3 nitrogen and oxygen atoms in total. The molecule has 2 aromatic rings. The molecule has 2 N–H and O–H groups in total. The van der Waals surface area contributed by atoms with Crippen LogP contribution in [0.5, 0.6) is 0 Å². The molecule has 0 saturated carbocycles. The van der Waals surface area contributed by atoms with Crippen LogP contribution >= 0.6 is 30.3 Å². The summed E-state index contributed by atoms with van der Waals surface area (Å²) in [5.74, 6) is 0. The number of thiophene rings is 2. The van der Waals surface area contributed by atoms with Gasteiger partial charge in [0.2, 0.25) is 0 Å². The predicted molar refractivity (Wildman–Crippen MR) is 59.3 cm³/mol. The highest BCUT2D eigenvalue weighted by atomic mass is 32.1. The summed E-state index contributed by atoms with van der Waals surface area (Å²) < 4.78 is 11.0. The van der Waals surface area contributed by atoms with E-state index in [0.717, 1.165) is 21.1 Å². The monoisotopic (exact) mass is 246 g/mol. The van der Waals surface area contributed by atoms with E-state index in [9.17, 15) is 4.57 Å². The van der Waals surface area contributed by atoms with E-state index in [0.29, 0.717) is 0 Å². The van der Waals surface area contributed by atoms with Gasteiger partial charge in [0.1, 0.15) is 4.62 Å². The Bertz CT molecular complexity index is 469. The van der Waals surface area contributed by atoms with Crippen LogP contribution < -0.4 is 4.62 Å². The lowest BCUT2D eigenvalue weighted by Crippen LogP contribution is -1.94. The smallest absolute Gasteiger partial charge is 0.320 e. The molecular weight excluding hydrogens is 239 g/mol. The van der Waals surface area contributed by atoms with Crippen LogP contribution in [-0.4, -0.2) is 9.79 Å². The summed E-state index contributed by atoms with van der Waals surface area (Å²) in [4.78, 5) is 19.8. The minimum atomic E-state index is -4.08. The molecule has 74 valence electrons. The van der Waals surface area contributed by atoms with Crippen LogP contribution in [0.25, 0.3) is 9.75 Å². The highest BCUT2D eigenvalue weighted by Crippen LogP contribution is 2.39. The first kappa shape index (κ1) is 10.1. The van der Waals surface area contributed by atoms with Gasteiger partial charge in [0.05, 0.1) is 0 Å². The van der Waals surface area contributed by atoms with Gasteiger partial charge < -0.3 is 9.79 Å². The molecule has 14 heavy (non-hydrogen) atoms. The topological polar surface area (TPSA) is 57.5 Å². The second-order valence-electron chi connectivity index (χ2n) is 2.66. The Morgan fingerprint density at radius 1 is 1.14 bits per heavy atom.